The Bertz CT molecular complexity index is 841. The first-order valence-electron chi connectivity index (χ1n) is 10.4. The Morgan fingerprint density at radius 2 is 1.67 bits per heavy atom. The first-order valence-corrected chi connectivity index (χ1v) is 10.4. The number of hydrogen-bond acceptors (Lipinski definition) is 1. The van der Waals surface area contributed by atoms with E-state index in [1.165, 1.54) is 61.6 Å². The minimum Gasteiger partial charge on any atom is -0.366 e. The van der Waals surface area contributed by atoms with Crippen LogP contribution in [0.4, 0.5) is 0 Å². The summed E-state index contributed by atoms with van der Waals surface area (Å²) < 4.78 is 0. The van der Waals surface area contributed by atoms with E-state index in [4.69, 9.17) is 5.73 Å². The van der Waals surface area contributed by atoms with Crippen LogP contribution in [0.15, 0.2) is 42.5 Å². The lowest BCUT2D eigenvalue weighted by Gasteiger charge is -2.35. The van der Waals surface area contributed by atoms with E-state index in [0.29, 0.717) is 11.0 Å². The van der Waals surface area contributed by atoms with Gasteiger partial charge in [0.1, 0.15) is 0 Å². The Balaban J connectivity index is 1.44. The third-order valence-electron chi connectivity index (χ3n) is 6.83. The van der Waals surface area contributed by atoms with E-state index in [-0.39, 0.29) is 5.91 Å². The predicted octanol–water partition coefficient (Wildman–Crippen LogP) is 5.77. The van der Waals surface area contributed by atoms with Gasteiger partial charge in [-0.3, -0.25) is 4.79 Å². The molecule has 4 rings (SSSR count). The van der Waals surface area contributed by atoms with Crippen LogP contribution in [0, 0.1) is 17.3 Å². The molecule has 0 radical (unpaired) electrons. The van der Waals surface area contributed by atoms with Crippen LogP contribution in [0.5, 0.6) is 0 Å². The summed E-state index contributed by atoms with van der Waals surface area (Å²) in [6, 6.07) is 14.5. The highest BCUT2D eigenvalue weighted by Gasteiger charge is 2.30. The second-order valence-electron chi connectivity index (χ2n) is 9.55. The van der Waals surface area contributed by atoms with Crippen LogP contribution < -0.4 is 5.73 Å². The molecule has 2 aromatic carbocycles. The average Bonchev–Trinajstić information content (AvgIpc) is 3.05. The number of fused-ring (bicyclic) bond motifs is 1. The highest BCUT2D eigenvalue weighted by molar-refractivity contribution is 5.94. The van der Waals surface area contributed by atoms with Gasteiger partial charge >= 0.3 is 0 Å². The van der Waals surface area contributed by atoms with Gasteiger partial charge in [0.05, 0.1) is 0 Å². The average molecular weight is 362 g/mol. The Morgan fingerprint density at radius 1 is 0.963 bits per heavy atom. The number of rotatable bonds is 4. The molecule has 2 aliphatic rings. The lowest BCUT2D eigenvalue weighted by atomic mass is 9.71. The number of amides is 1. The summed E-state index contributed by atoms with van der Waals surface area (Å²) >= 11 is 0. The van der Waals surface area contributed by atoms with Crippen molar-refractivity contribution >= 4 is 5.91 Å². The Morgan fingerprint density at radius 3 is 2.41 bits per heavy atom. The Labute approximate surface area is 163 Å². The maximum Gasteiger partial charge on any atom is 0.248 e. The maximum absolute atomic E-state index is 11.5. The monoisotopic (exact) mass is 361 g/mol. The van der Waals surface area contributed by atoms with Crippen molar-refractivity contribution < 1.29 is 4.79 Å². The second kappa shape index (κ2) is 7.14. The van der Waals surface area contributed by atoms with Gasteiger partial charge in [-0.1, -0.05) is 44.2 Å². The van der Waals surface area contributed by atoms with Crippen molar-refractivity contribution in [1.29, 1.82) is 0 Å². The fraction of sp³-hybridized carbons (Fsp3) is 0.480. The van der Waals surface area contributed by atoms with Gasteiger partial charge < -0.3 is 5.73 Å². The minimum atomic E-state index is -0.367. The quantitative estimate of drug-likeness (QED) is 0.737. The lowest BCUT2D eigenvalue weighted by Crippen LogP contribution is -2.22. The molecule has 0 saturated heterocycles. The fourth-order valence-corrected chi connectivity index (χ4v) is 5.07. The molecule has 142 valence electrons. The smallest absolute Gasteiger partial charge is 0.248 e. The van der Waals surface area contributed by atoms with E-state index in [0.717, 1.165) is 17.4 Å². The van der Waals surface area contributed by atoms with Crippen LogP contribution in [0.1, 0.15) is 67.4 Å². The van der Waals surface area contributed by atoms with Gasteiger partial charge in [0, 0.05) is 5.56 Å². The highest BCUT2D eigenvalue weighted by Crippen LogP contribution is 2.42. The summed E-state index contributed by atoms with van der Waals surface area (Å²) in [6.07, 6.45) is 9.41. The standard InChI is InChI=1S/C25H31NO/c1-25(2)10-8-17(9-11-25)12-18-13-20-6-7-21(16-23(20)14-18)19-4-3-5-22(15-19)24(26)27/h3-7,15-18H,8-14H2,1-2H3,(H2,26,27). The summed E-state index contributed by atoms with van der Waals surface area (Å²) in [5, 5.41) is 0. The van der Waals surface area contributed by atoms with Gasteiger partial charge in [-0.25, -0.2) is 0 Å². The molecule has 0 bridgehead atoms. The summed E-state index contributed by atoms with van der Waals surface area (Å²) in [7, 11) is 0. The zero-order chi connectivity index (χ0) is 19.0. The first-order chi connectivity index (χ1) is 12.9. The second-order valence-corrected chi connectivity index (χ2v) is 9.55. The van der Waals surface area contributed by atoms with Crippen LogP contribution in [0.25, 0.3) is 11.1 Å². The molecule has 1 unspecified atom stereocenters. The molecule has 27 heavy (non-hydrogen) atoms. The van der Waals surface area contributed by atoms with E-state index in [2.05, 4.69) is 38.1 Å². The number of carbonyl (C=O) groups is 1. The van der Waals surface area contributed by atoms with Crippen molar-refractivity contribution in [3.8, 4) is 11.1 Å². The number of hydrogen-bond donors (Lipinski definition) is 1. The summed E-state index contributed by atoms with van der Waals surface area (Å²) in [5.74, 6) is 1.36. The topological polar surface area (TPSA) is 43.1 Å². The van der Waals surface area contributed by atoms with Crippen LogP contribution in [0.2, 0.25) is 0 Å². The molecule has 1 amide bonds. The molecule has 1 saturated carbocycles. The van der Waals surface area contributed by atoms with Crippen molar-refractivity contribution in [3.63, 3.8) is 0 Å². The molecule has 2 aliphatic carbocycles. The van der Waals surface area contributed by atoms with E-state index in [1.807, 2.05) is 12.1 Å². The van der Waals surface area contributed by atoms with E-state index < -0.39 is 0 Å². The fourth-order valence-electron chi connectivity index (χ4n) is 5.07. The molecule has 2 heteroatoms. The summed E-state index contributed by atoms with van der Waals surface area (Å²) in [6.45, 7) is 4.84. The van der Waals surface area contributed by atoms with E-state index in [9.17, 15) is 4.79 Å². The van der Waals surface area contributed by atoms with Gasteiger partial charge in [-0.2, -0.15) is 0 Å². The molecule has 2 aromatic rings. The summed E-state index contributed by atoms with van der Waals surface area (Å²) in [4.78, 5) is 11.5. The van der Waals surface area contributed by atoms with Crippen molar-refractivity contribution in [2.24, 2.45) is 23.0 Å². The van der Waals surface area contributed by atoms with Gasteiger partial charge in [-0.15, -0.1) is 0 Å². The predicted molar refractivity (Wildman–Crippen MR) is 112 cm³/mol. The zero-order valence-corrected chi connectivity index (χ0v) is 16.6. The van der Waals surface area contributed by atoms with Gasteiger partial charge in [0.15, 0.2) is 0 Å². The van der Waals surface area contributed by atoms with Crippen LogP contribution in [-0.4, -0.2) is 5.91 Å². The molecule has 2 nitrogen and oxygen atoms in total. The number of carbonyl (C=O) groups excluding carboxylic acids is 1. The largest absolute Gasteiger partial charge is 0.366 e. The zero-order valence-electron chi connectivity index (χ0n) is 16.6. The Kier molecular flexibility index (Phi) is 4.84. The van der Waals surface area contributed by atoms with E-state index in [1.54, 1.807) is 6.07 Å². The molecule has 0 spiro atoms. The molecule has 2 N–H and O–H groups in total. The molecular formula is C25H31NO. The normalized spacial score (nSPS) is 21.8. The maximum atomic E-state index is 11.5. The molecule has 1 atom stereocenters. The van der Waals surface area contributed by atoms with Crippen molar-refractivity contribution in [1.82, 2.24) is 0 Å². The number of nitrogens with two attached hydrogens (primary N) is 1. The van der Waals surface area contributed by atoms with Crippen LogP contribution >= 0.6 is 0 Å². The first kappa shape index (κ1) is 18.3. The summed E-state index contributed by atoms with van der Waals surface area (Å²) in [5.41, 5.74) is 11.9. The van der Waals surface area contributed by atoms with Gasteiger partial charge in [0.25, 0.3) is 0 Å². The molecule has 0 aromatic heterocycles. The van der Waals surface area contributed by atoms with Crippen LogP contribution in [-0.2, 0) is 12.8 Å². The highest BCUT2D eigenvalue weighted by atomic mass is 16.1. The number of benzene rings is 2. The third-order valence-corrected chi connectivity index (χ3v) is 6.83. The number of primary amides is 1. The van der Waals surface area contributed by atoms with Gasteiger partial charge in [-0.05, 0) is 96.6 Å². The van der Waals surface area contributed by atoms with Crippen molar-refractivity contribution in [2.45, 2.75) is 58.8 Å². The van der Waals surface area contributed by atoms with Gasteiger partial charge in [0.2, 0.25) is 5.91 Å². The molecule has 1 fully saturated rings. The SMILES string of the molecule is CC1(C)CCC(CC2Cc3ccc(-c4cccc(C(N)=O)c4)cc3C2)CC1. The molecule has 0 aliphatic heterocycles. The third kappa shape index (κ3) is 4.10. The van der Waals surface area contributed by atoms with E-state index >= 15 is 0 Å². The van der Waals surface area contributed by atoms with Crippen molar-refractivity contribution in [2.75, 3.05) is 0 Å². The van der Waals surface area contributed by atoms with Crippen LogP contribution in [0.3, 0.4) is 0 Å². The molecular weight excluding hydrogens is 330 g/mol. The Hall–Kier alpha value is -2.09. The van der Waals surface area contributed by atoms with Crippen molar-refractivity contribution in [3.05, 3.63) is 59.2 Å². The molecule has 0 heterocycles. The lowest BCUT2D eigenvalue weighted by molar-refractivity contribution is 0.100. The minimum absolute atomic E-state index is 0.367.